The van der Waals surface area contributed by atoms with Crippen LogP contribution in [0.2, 0.25) is 0 Å². The maximum absolute atomic E-state index is 12.3. The standard InChI is InChI=1S/C24H27N3O5/c1-17(28)22(24(30)26-31)25-23(29)21-10-8-19(9-11-21)3-2-18-4-6-20(7-5-18)16-27-12-14-32-15-13-27/h4-11,17,22,28,31H,12-16H2,1H3,(H,25,29)(H,26,30)/t17-,22+/m1/s1. The summed E-state index contributed by atoms with van der Waals surface area (Å²) in [4.78, 5) is 26.2. The van der Waals surface area contributed by atoms with Gasteiger partial charge in [-0.05, 0) is 48.9 Å². The molecule has 0 bridgehead atoms. The van der Waals surface area contributed by atoms with Crippen LogP contribution in [0.15, 0.2) is 48.5 Å². The van der Waals surface area contributed by atoms with E-state index in [2.05, 4.69) is 34.2 Å². The molecule has 1 aliphatic heterocycles. The molecule has 8 nitrogen and oxygen atoms in total. The third-order valence-electron chi connectivity index (χ3n) is 5.12. The molecule has 1 aliphatic rings. The molecule has 1 heterocycles. The van der Waals surface area contributed by atoms with E-state index in [1.807, 2.05) is 12.1 Å². The molecule has 2 aromatic rings. The topological polar surface area (TPSA) is 111 Å². The molecule has 0 radical (unpaired) electrons. The number of nitrogens with one attached hydrogen (secondary N) is 2. The minimum absolute atomic E-state index is 0.305. The van der Waals surface area contributed by atoms with Gasteiger partial charge in [0.1, 0.15) is 6.04 Å². The number of hydrogen-bond donors (Lipinski definition) is 4. The van der Waals surface area contributed by atoms with E-state index < -0.39 is 24.0 Å². The summed E-state index contributed by atoms with van der Waals surface area (Å²) >= 11 is 0. The molecule has 0 unspecified atom stereocenters. The van der Waals surface area contributed by atoms with Crippen LogP contribution in [-0.4, -0.2) is 65.5 Å². The first-order valence-corrected chi connectivity index (χ1v) is 10.4. The first-order valence-electron chi connectivity index (χ1n) is 10.4. The van der Waals surface area contributed by atoms with Crippen molar-refractivity contribution in [1.29, 1.82) is 0 Å². The second kappa shape index (κ2) is 11.4. The fourth-order valence-electron chi connectivity index (χ4n) is 3.26. The Bertz CT molecular complexity index is 971. The molecule has 1 saturated heterocycles. The van der Waals surface area contributed by atoms with Crippen LogP contribution in [0.1, 0.15) is 34.0 Å². The predicted molar refractivity (Wildman–Crippen MR) is 118 cm³/mol. The molecule has 1 fully saturated rings. The zero-order valence-corrected chi connectivity index (χ0v) is 17.9. The molecular weight excluding hydrogens is 410 g/mol. The Kier molecular flexibility index (Phi) is 8.36. The molecule has 2 aromatic carbocycles. The van der Waals surface area contributed by atoms with Gasteiger partial charge in [0.05, 0.1) is 19.3 Å². The van der Waals surface area contributed by atoms with Crippen molar-refractivity contribution in [2.45, 2.75) is 25.6 Å². The fraction of sp³-hybridized carbons (Fsp3) is 0.333. The highest BCUT2D eigenvalue weighted by atomic mass is 16.5. The van der Waals surface area contributed by atoms with Gasteiger partial charge in [0.25, 0.3) is 11.8 Å². The highest BCUT2D eigenvalue weighted by molar-refractivity contribution is 5.97. The van der Waals surface area contributed by atoms with E-state index >= 15 is 0 Å². The Morgan fingerprint density at radius 3 is 2.12 bits per heavy atom. The summed E-state index contributed by atoms with van der Waals surface area (Å²) < 4.78 is 5.37. The molecule has 168 valence electrons. The van der Waals surface area contributed by atoms with Gasteiger partial charge in [0, 0.05) is 36.3 Å². The third kappa shape index (κ3) is 6.64. The normalized spacial score (nSPS) is 15.7. The summed E-state index contributed by atoms with van der Waals surface area (Å²) in [7, 11) is 0. The lowest BCUT2D eigenvalue weighted by molar-refractivity contribution is -0.133. The Labute approximate surface area is 187 Å². The maximum atomic E-state index is 12.3. The molecule has 0 aliphatic carbocycles. The number of hydroxylamine groups is 1. The first kappa shape index (κ1) is 23.4. The Morgan fingerprint density at radius 1 is 1.03 bits per heavy atom. The van der Waals surface area contributed by atoms with Crippen molar-refractivity contribution in [2.75, 3.05) is 26.3 Å². The number of aliphatic hydroxyl groups excluding tert-OH is 1. The summed E-state index contributed by atoms with van der Waals surface area (Å²) in [5, 5.41) is 20.7. The minimum atomic E-state index is -1.27. The van der Waals surface area contributed by atoms with Crippen LogP contribution in [0.25, 0.3) is 0 Å². The van der Waals surface area contributed by atoms with Gasteiger partial charge in [-0.2, -0.15) is 0 Å². The zero-order valence-electron chi connectivity index (χ0n) is 17.9. The Hall–Kier alpha value is -3.22. The zero-order chi connectivity index (χ0) is 22.9. The molecule has 0 spiro atoms. The second-order valence-corrected chi connectivity index (χ2v) is 7.58. The summed E-state index contributed by atoms with van der Waals surface area (Å²) in [5.41, 5.74) is 4.60. The average Bonchev–Trinajstić information content (AvgIpc) is 2.82. The van der Waals surface area contributed by atoms with E-state index in [1.54, 1.807) is 24.3 Å². The fourth-order valence-corrected chi connectivity index (χ4v) is 3.26. The average molecular weight is 437 g/mol. The van der Waals surface area contributed by atoms with E-state index in [4.69, 9.17) is 9.94 Å². The number of rotatable bonds is 6. The van der Waals surface area contributed by atoms with Gasteiger partial charge >= 0.3 is 0 Å². The van der Waals surface area contributed by atoms with Gasteiger partial charge in [0.15, 0.2) is 0 Å². The number of nitrogens with zero attached hydrogens (tertiary/aromatic N) is 1. The number of carbonyl (C=O) groups excluding carboxylic acids is 2. The number of hydrogen-bond acceptors (Lipinski definition) is 6. The number of benzene rings is 2. The van der Waals surface area contributed by atoms with Crippen molar-refractivity contribution in [1.82, 2.24) is 15.7 Å². The number of carbonyl (C=O) groups is 2. The van der Waals surface area contributed by atoms with Crippen LogP contribution < -0.4 is 10.8 Å². The molecular formula is C24H27N3O5. The molecule has 3 rings (SSSR count). The summed E-state index contributed by atoms with van der Waals surface area (Å²) in [6.07, 6.45) is -1.17. The smallest absolute Gasteiger partial charge is 0.268 e. The first-order chi connectivity index (χ1) is 15.5. The monoisotopic (exact) mass is 437 g/mol. The third-order valence-corrected chi connectivity index (χ3v) is 5.12. The summed E-state index contributed by atoms with van der Waals surface area (Å²) in [6.45, 7) is 5.70. The van der Waals surface area contributed by atoms with Crippen LogP contribution in [-0.2, 0) is 16.1 Å². The number of aliphatic hydroxyl groups is 1. The number of ether oxygens (including phenoxy) is 1. The van der Waals surface area contributed by atoms with Crippen molar-refractivity contribution < 1.29 is 24.6 Å². The largest absolute Gasteiger partial charge is 0.391 e. The van der Waals surface area contributed by atoms with Crippen molar-refractivity contribution in [2.24, 2.45) is 0 Å². The quantitative estimate of drug-likeness (QED) is 0.304. The van der Waals surface area contributed by atoms with Crippen LogP contribution in [0.4, 0.5) is 0 Å². The van der Waals surface area contributed by atoms with Crippen molar-refractivity contribution in [3.63, 3.8) is 0 Å². The van der Waals surface area contributed by atoms with E-state index in [0.29, 0.717) is 5.56 Å². The van der Waals surface area contributed by atoms with Crippen molar-refractivity contribution >= 4 is 11.8 Å². The number of morpholine rings is 1. The molecule has 8 heteroatoms. The van der Waals surface area contributed by atoms with Crippen LogP contribution in [0, 0.1) is 11.8 Å². The van der Waals surface area contributed by atoms with Gasteiger partial charge in [0.2, 0.25) is 0 Å². The maximum Gasteiger partial charge on any atom is 0.268 e. The Morgan fingerprint density at radius 2 is 1.59 bits per heavy atom. The molecule has 0 aromatic heterocycles. The lowest BCUT2D eigenvalue weighted by Crippen LogP contribution is -2.51. The van der Waals surface area contributed by atoms with Crippen molar-refractivity contribution in [3.05, 3.63) is 70.8 Å². The molecule has 0 saturated carbocycles. The minimum Gasteiger partial charge on any atom is -0.391 e. The van der Waals surface area contributed by atoms with E-state index in [9.17, 15) is 14.7 Å². The van der Waals surface area contributed by atoms with Gasteiger partial charge < -0.3 is 15.2 Å². The van der Waals surface area contributed by atoms with E-state index in [0.717, 1.165) is 44.0 Å². The molecule has 32 heavy (non-hydrogen) atoms. The summed E-state index contributed by atoms with van der Waals surface area (Å²) in [5.74, 6) is 4.74. The van der Waals surface area contributed by atoms with Crippen LogP contribution in [0.5, 0.6) is 0 Å². The van der Waals surface area contributed by atoms with Gasteiger partial charge in [-0.15, -0.1) is 0 Å². The Balaban J connectivity index is 1.58. The van der Waals surface area contributed by atoms with Gasteiger partial charge in [-0.25, -0.2) is 5.48 Å². The van der Waals surface area contributed by atoms with Gasteiger partial charge in [-0.3, -0.25) is 19.7 Å². The number of amides is 2. The van der Waals surface area contributed by atoms with E-state index in [1.165, 1.54) is 18.0 Å². The van der Waals surface area contributed by atoms with E-state index in [-0.39, 0.29) is 0 Å². The lowest BCUT2D eigenvalue weighted by atomic mass is 10.1. The molecule has 2 atom stereocenters. The second-order valence-electron chi connectivity index (χ2n) is 7.58. The molecule has 2 amide bonds. The van der Waals surface area contributed by atoms with Crippen molar-refractivity contribution in [3.8, 4) is 11.8 Å². The van der Waals surface area contributed by atoms with Crippen LogP contribution in [0.3, 0.4) is 0 Å². The molecule has 4 N–H and O–H groups in total. The predicted octanol–water partition coefficient (Wildman–Crippen LogP) is 0.903. The lowest BCUT2D eigenvalue weighted by Gasteiger charge is -2.26. The summed E-state index contributed by atoms with van der Waals surface area (Å²) in [6, 6.07) is 13.5. The highest BCUT2D eigenvalue weighted by Gasteiger charge is 2.25. The highest BCUT2D eigenvalue weighted by Crippen LogP contribution is 2.10. The van der Waals surface area contributed by atoms with Crippen LogP contribution >= 0.6 is 0 Å². The SMILES string of the molecule is C[C@@H](O)[C@H](NC(=O)c1ccc(C#Cc2ccc(CN3CCOCC3)cc2)cc1)C(=O)NO. The van der Waals surface area contributed by atoms with Gasteiger partial charge in [-0.1, -0.05) is 24.0 Å².